The second-order valence-corrected chi connectivity index (χ2v) is 4.93. The van der Waals surface area contributed by atoms with Crippen LogP contribution in [0.3, 0.4) is 0 Å². The van der Waals surface area contributed by atoms with Crippen LogP contribution in [-0.4, -0.2) is 23.7 Å². The van der Waals surface area contributed by atoms with Crippen LogP contribution in [0, 0.1) is 5.92 Å². The lowest BCUT2D eigenvalue weighted by Gasteiger charge is -2.31. The fourth-order valence-corrected chi connectivity index (χ4v) is 2.70. The largest absolute Gasteiger partial charge is 0.497 e. The lowest BCUT2D eigenvalue weighted by atomic mass is 9.88. The lowest BCUT2D eigenvalue weighted by molar-refractivity contribution is -0.143. The number of anilines is 1. The third kappa shape index (κ3) is 2.15. The molecule has 2 rings (SSSR count). The predicted molar refractivity (Wildman–Crippen MR) is 70.0 cm³/mol. The van der Waals surface area contributed by atoms with Crippen molar-refractivity contribution in [3.8, 4) is 5.75 Å². The van der Waals surface area contributed by atoms with Crippen molar-refractivity contribution in [1.82, 2.24) is 0 Å². The van der Waals surface area contributed by atoms with Crippen LogP contribution >= 0.6 is 0 Å². The number of benzene rings is 1. The second-order valence-electron chi connectivity index (χ2n) is 4.93. The first-order valence-corrected chi connectivity index (χ1v) is 6.24. The van der Waals surface area contributed by atoms with E-state index >= 15 is 0 Å². The van der Waals surface area contributed by atoms with Crippen molar-refractivity contribution >= 4 is 11.7 Å². The van der Waals surface area contributed by atoms with Gasteiger partial charge in [-0.25, -0.2) is 4.79 Å². The summed E-state index contributed by atoms with van der Waals surface area (Å²) in [5.74, 6) is 0.0858. The van der Waals surface area contributed by atoms with Gasteiger partial charge >= 0.3 is 5.97 Å². The van der Waals surface area contributed by atoms with E-state index in [1.54, 1.807) is 7.11 Å². The van der Waals surface area contributed by atoms with Crippen LogP contribution in [0.2, 0.25) is 0 Å². The fraction of sp³-hybridized carbons (Fsp3) is 0.500. The van der Waals surface area contributed by atoms with Crippen LogP contribution in [0.1, 0.15) is 26.2 Å². The molecular weight excluding hydrogens is 230 g/mol. The summed E-state index contributed by atoms with van der Waals surface area (Å²) in [4.78, 5) is 11.6. The molecule has 2 unspecified atom stereocenters. The van der Waals surface area contributed by atoms with Crippen LogP contribution in [0.15, 0.2) is 24.3 Å². The number of ether oxygens (including phenoxy) is 1. The highest BCUT2D eigenvalue weighted by molar-refractivity contribution is 5.83. The number of carbonyl (C=O) groups is 1. The average molecular weight is 249 g/mol. The van der Waals surface area contributed by atoms with Gasteiger partial charge in [0, 0.05) is 11.8 Å². The minimum atomic E-state index is -0.841. The molecule has 2 N–H and O–H groups in total. The molecule has 0 aromatic heterocycles. The molecule has 0 aliphatic heterocycles. The number of hydrogen-bond acceptors (Lipinski definition) is 3. The number of rotatable bonds is 4. The number of nitrogens with one attached hydrogen (secondary N) is 1. The number of aliphatic carboxylic acids is 1. The van der Waals surface area contributed by atoms with Gasteiger partial charge in [0.25, 0.3) is 0 Å². The molecule has 0 spiro atoms. The maximum Gasteiger partial charge on any atom is 0.329 e. The van der Waals surface area contributed by atoms with Crippen LogP contribution in [0.5, 0.6) is 5.75 Å². The maximum atomic E-state index is 11.6. The van der Waals surface area contributed by atoms with Gasteiger partial charge in [-0.15, -0.1) is 0 Å². The number of carboxylic acids is 1. The van der Waals surface area contributed by atoms with Crippen LogP contribution in [0.4, 0.5) is 5.69 Å². The summed E-state index contributed by atoms with van der Waals surface area (Å²) in [6, 6.07) is 7.40. The second kappa shape index (κ2) is 4.88. The van der Waals surface area contributed by atoms with E-state index in [1.165, 1.54) is 0 Å². The fourth-order valence-electron chi connectivity index (χ4n) is 2.70. The topological polar surface area (TPSA) is 58.6 Å². The molecule has 0 heterocycles. The summed E-state index contributed by atoms with van der Waals surface area (Å²) in [6.45, 7) is 1.99. The molecule has 1 fully saturated rings. The molecule has 1 saturated carbocycles. The zero-order valence-electron chi connectivity index (χ0n) is 10.8. The van der Waals surface area contributed by atoms with Gasteiger partial charge in [0.2, 0.25) is 0 Å². The maximum absolute atomic E-state index is 11.6. The Hall–Kier alpha value is -1.71. The van der Waals surface area contributed by atoms with E-state index in [9.17, 15) is 9.90 Å². The number of methoxy groups -OCH3 is 1. The molecular formula is C14H19NO3. The molecule has 1 aromatic rings. The average Bonchev–Trinajstić information content (AvgIpc) is 2.72. The highest BCUT2D eigenvalue weighted by Gasteiger charge is 2.47. The molecule has 98 valence electrons. The Morgan fingerprint density at radius 1 is 1.56 bits per heavy atom. The van der Waals surface area contributed by atoms with E-state index in [1.807, 2.05) is 31.2 Å². The summed E-state index contributed by atoms with van der Waals surface area (Å²) < 4.78 is 5.15. The van der Waals surface area contributed by atoms with E-state index in [0.29, 0.717) is 6.42 Å². The van der Waals surface area contributed by atoms with Gasteiger partial charge in [0.05, 0.1) is 7.11 Å². The summed E-state index contributed by atoms with van der Waals surface area (Å²) in [6.07, 6.45) is 2.56. The van der Waals surface area contributed by atoms with Gasteiger partial charge in [-0.2, -0.15) is 0 Å². The Kier molecular flexibility index (Phi) is 3.45. The number of hydrogen-bond donors (Lipinski definition) is 2. The third-order valence-electron chi connectivity index (χ3n) is 3.87. The smallest absolute Gasteiger partial charge is 0.329 e. The van der Waals surface area contributed by atoms with Crippen LogP contribution in [-0.2, 0) is 4.79 Å². The van der Waals surface area contributed by atoms with Crippen molar-refractivity contribution in [2.75, 3.05) is 12.4 Å². The molecule has 0 bridgehead atoms. The van der Waals surface area contributed by atoms with E-state index in [0.717, 1.165) is 24.3 Å². The Labute approximate surface area is 107 Å². The molecule has 0 radical (unpaired) electrons. The van der Waals surface area contributed by atoms with E-state index < -0.39 is 11.5 Å². The molecule has 0 amide bonds. The monoisotopic (exact) mass is 249 g/mol. The van der Waals surface area contributed by atoms with Gasteiger partial charge < -0.3 is 15.2 Å². The van der Waals surface area contributed by atoms with Gasteiger partial charge in [0.1, 0.15) is 11.3 Å². The standard InChI is InChI=1S/C14H19NO3/c1-10-5-4-8-14(10,13(16)17)15-11-6-3-7-12(9-11)18-2/h3,6-7,9-10,15H,4-5,8H2,1-2H3,(H,16,17). The predicted octanol–water partition coefficient (Wildman–Crippen LogP) is 2.75. The Balaban J connectivity index is 2.26. The Bertz CT molecular complexity index is 446. The third-order valence-corrected chi connectivity index (χ3v) is 3.87. The van der Waals surface area contributed by atoms with Gasteiger partial charge in [-0.1, -0.05) is 19.4 Å². The zero-order valence-corrected chi connectivity index (χ0v) is 10.8. The van der Waals surface area contributed by atoms with Crippen LogP contribution in [0.25, 0.3) is 0 Å². The highest BCUT2D eigenvalue weighted by Crippen LogP contribution is 2.38. The summed E-state index contributed by atoms with van der Waals surface area (Å²) in [5.41, 5.74) is -0.0441. The molecule has 18 heavy (non-hydrogen) atoms. The van der Waals surface area contributed by atoms with Crippen molar-refractivity contribution in [1.29, 1.82) is 0 Å². The molecule has 1 aliphatic carbocycles. The molecule has 2 atom stereocenters. The van der Waals surface area contributed by atoms with Crippen molar-refractivity contribution in [3.05, 3.63) is 24.3 Å². The van der Waals surface area contributed by atoms with Gasteiger partial charge in [-0.05, 0) is 30.9 Å². The molecule has 4 heteroatoms. The first-order valence-electron chi connectivity index (χ1n) is 6.24. The minimum Gasteiger partial charge on any atom is -0.497 e. The summed E-state index contributed by atoms with van der Waals surface area (Å²) in [5, 5.41) is 12.7. The quantitative estimate of drug-likeness (QED) is 0.861. The Morgan fingerprint density at radius 2 is 2.33 bits per heavy atom. The van der Waals surface area contributed by atoms with Crippen molar-refractivity contribution in [3.63, 3.8) is 0 Å². The zero-order chi connectivity index (χ0) is 13.2. The first-order chi connectivity index (χ1) is 8.58. The normalized spacial score (nSPS) is 26.9. The summed E-state index contributed by atoms with van der Waals surface area (Å²) >= 11 is 0. The molecule has 0 saturated heterocycles. The van der Waals surface area contributed by atoms with E-state index in [4.69, 9.17) is 4.74 Å². The van der Waals surface area contributed by atoms with Crippen molar-refractivity contribution < 1.29 is 14.6 Å². The van der Waals surface area contributed by atoms with Gasteiger partial charge in [0.15, 0.2) is 0 Å². The molecule has 1 aliphatic rings. The SMILES string of the molecule is COc1cccc(NC2(C(=O)O)CCCC2C)c1. The van der Waals surface area contributed by atoms with Gasteiger partial charge in [-0.3, -0.25) is 0 Å². The lowest BCUT2D eigenvalue weighted by Crippen LogP contribution is -2.48. The van der Waals surface area contributed by atoms with Crippen molar-refractivity contribution in [2.45, 2.75) is 31.7 Å². The van der Waals surface area contributed by atoms with E-state index in [-0.39, 0.29) is 5.92 Å². The van der Waals surface area contributed by atoms with Crippen molar-refractivity contribution in [2.24, 2.45) is 5.92 Å². The number of carboxylic acid groups (broad SMARTS) is 1. The molecule has 4 nitrogen and oxygen atoms in total. The minimum absolute atomic E-state index is 0.126. The van der Waals surface area contributed by atoms with Crippen LogP contribution < -0.4 is 10.1 Å². The Morgan fingerprint density at radius 3 is 2.89 bits per heavy atom. The molecule has 1 aromatic carbocycles. The highest BCUT2D eigenvalue weighted by atomic mass is 16.5. The van der Waals surface area contributed by atoms with E-state index in [2.05, 4.69) is 5.32 Å². The first kappa shape index (κ1) is 12.7. The summed E-state index contributed by atoms with van der Waals surface area (Å²) in [7, 11) is 1.60.